The van der Waals surface area contributed by atoms with E-state index in [1.165, 1.54) is 50.5 Å². The number of piperidine rings is 1. The van der Waals surface area contributed by atoms with E-state index in [1.54, 1.807) is 0 Å². The summed E-state index contributed by atoms with van der Waals surface area (Å²) in [6.45, 7) is 8.57. The smallest absolute Gasteiger partial charge is 0.155 e. The van der Waals surface area contributed by atoms with Gasteiger partial charge in [-0.3, -0.25) is 4.79 Å². The van der Waals surface area contributed by atoms with Gasteiger partial charge in [-0.15, -0.1) is 0 Å². The molecule has 1 spiro atoms. The van der Waals surface area contributed by atoms with Crippen LogP contribution in [0.15, 0.2) is 11.6 Å². The zero-order valence-corrected chi connectivity index (χ0v) is 18.6. The second-order valence-corrected chi connectivity index (χ2v) is 12.0. The SMILES string of the molecule is CC1C2C[C@H]3[C@@H](CCC4=CC(=O)CC[C@@]43C)[C@@H]2CC[C@@]12C[C@@H]1NC[C@@H](C)CC1O2. The minimum absolute atomic E-state index is 0.128. The number of fused-ring (bicyclic) bond motifs is 6. The van der Waals surface area contributed by atoms with Crippen LogP contribution < -0.4 is 5.32 Å². The molecule has 2 aliphatic heterocycles. The second-order valence-electron chi connectivity index (χ2n) is 12.0. The van der Waals surface area contributed by atoms with Crippen LogP contribution in [0.4, 0.5) is 0 Å². The molecule has 29 heavy (non-hydrogen) atoms. The molecule has 4 aliphatic carbocycles. The van der Waals surface area contributed by atoms with Crippen molar-refractivity contribution in [2.75, 3.05) is 6.54 Å². The topological polar surface area (TPSA) is 38.3 Å². The zero-order chi connectivity index (χ0) is 20.0. The van der Waals surface area contributed by atoms with Crippen LogP contribution in [-0.4, -0.2) is 30.1 Å². The van der Waals surface area contributed by atoms with Crippen molar-refractivity contribution >= 4 is 5.78 Å². The molecule has 0 bridgehead atoms. The average molecular weight is 398 g/mol. The van der Waals surface area contributed by atoms with Gasteiger partial charge in [0.15, 0.2) is 5.78 Å². The van der Waals surface area contributed by atoms with Crippen molar-refractivity contribution in [2.24, 2.45) is 40.9 Å². The molecule has 6 rings (SSSR count). The summed E-state index contributed by atoms with van der Waals surface area (Å²) in [6.07, 6.45) is 13.4. The van der Waals surface area contributed by atoms with Gasteiger partial charge in [0.1, 0.15) is 0 Å². The molecule has 160 valence electrons. The first kappa shape index (κ1) is 19.0. The Kier molecular flexibility index (Phi) is 4.22. The number of hydrogen-bond acceptors (Lipinski definition) is 3. The average Bonchev–Trinajstić information content (AvgIpc) is 3.25. The predicted molar refractivity (Wildman–Crippen MR) is 114 cm³/mol. The first-order valence-corrected chi connectivity index (χ1v) is 12.5. The predicted octanol–water partition coefficient (Wildman–Crippen LogP) is 4.90. The number of nitrogens with one attached hydrogen (secondary N) is 1. The fourth-order valence-corrected chi connectivity index (χ4v) is 9.15. The number of hydrogen-bond donors (Lipinski definition) is 1. The Morgan fingerprint density at radius 1 is 1.07 bits per heavy atom. The molecule has 3 saturated carbocycles. The van der Waals surface area contributed by atoms with E-state index in [1.807, 2.05) is 6.08 Å². The van der Waals surface area contributed by atoms with Crippen molar-refractivity contribution in [2.45, 2.75) is 96.3 Å². The highest BCUT2D eigenvalue weighted by molar-refractivity contribution is 5.91. The summed E-state index contributed by atoms with van der Waals surface area (Å²) in [4.78, 5) is 12.1. The van der Waals surface area contributed by atoms with Crippen LogP contribution in [0.5, 0.6) is 0 Å². The lowest BCUT2D eigenvalue weighted by Crippen LogP contribution is -2.47. The maximum atomic E-state index is 12.1. The maximum absolute atomic E-state index is 12.1. The summed E-state index contributed by atoms with van der Waals surface area (Å²) in [7, 11) is 0. The third-order valence-corrected chi connectivity index (χ3v) is 10.8. The van der Waals surface area contributed by atoms with Crippen LogP contribution in [-0.2, 0) is 9.53 Å². The molecule has 0 aromatic heterocycles. The van der Waals surface area contributed by atoms with Crippen molar-refractivity contribution in [3.8, 4) is 0 Å². The third kappa shape index (κ3) is 2.65. The summed E-state index contributed by atoms with van der Waals surface area (Å²) >= 11 is 0. The van der Waals surface area contributed by atoms with Crippen molar-refractivity contribution in [3.63, 3.8) is 0 Å². The molecular weight excluding hydrogens is 358 g/mol. The van der Waals surface area contributed by atoms with Crippen LogP contribution in [0.1, 0.15) is 78.6 Å². The molecule has 3 unspecified atom stereocenters. The summed E-state index contributed by atoms with van der Waals surface area (Å²) in [6, 6.07) is 0.588. The van der Waals surface area contributed by atoms with Crippen LogP contribution >= 0.6 is 0 Å². The number of ether oxygens (including phenoxy) is 1. The lowest BCUT2D eigenvalue weighted by molar-refractivity contribution is -0.129. The molecule has 0 radical (unpaired) electrons. The number of carbonyl (C=O) groups excluding carboxylic acids is 1. The lowest BCUT2D eigenvalue weighted by atomic mass is 9.56. The van der Waals surface area contributed by atoms with Crippen molar-refractivity contribution in [1.29, 1.82) is 0 Å². The highest BCUT2D eigenvalue weighted by Gasteiger charge is 2.62. The second kappa shape index (κ2) is 6.42. The molecule has 5 fully saturated rings. The Morgan fingerprint density at radius 2 is 1.93 bits per heavy atom. The molecule has 1 N–H and O–H groups in total. The maximum Gasteiger partial charge on any atom is 0.155 e. The number of ketones is 1. The molecule has 3 nitrogen and oxygen atoms in total. The van der Waals surface area contributed by atoms with Gasteiger partial charge in [-0.2, -0.15) is 0 Å². The fraction of sp³-hybridized carbons (Fsp3) is 0.885. The van der Waals surface area contributed by atoms with E-state index in [9.17, 15) is 4.79 Å². The van der Waals surface area contributed by atoms with E-state index in [0.717, 1.165) is 49.0 Å². The molecule has 2 heterocycles. The van der Waals surface area contributed by atoms with E-state index in [2.05, 4.69) is 26.1 Å². The van der Waals surface area contributed by atoms with Gasteiger partial charge in [-0.25, -0.2) is 0 Å². The number of allylic oxidation sites excluding steroid dienone is 2. The van der Waals surface area contributed by atoms with E-state index < -0.39 is 0 Å². The van der Waals surface area contributed by atoms with Gasteiger partial charge in [0.2, 0.25) is 0 Å². The minimum Gasteiger partial charge on any atom is -0.370 e. The summed E-state index contributed by atoms with van der Waals surface area (Å²) < 4.78 is 6.97. The van der Waals surface area contributed by atoms with Gasteiger partial charge in [0.25, 0.3) is 0 Å². The Balaban J connectivity index is 1.26. The third-order valence-electron chi connectivity index (χ3n) is 10.8. The lowest BCUT2D eigenvalue weighted by Gasteiger charge is -2.49. The van der Waals surface area contributed by atoms with E-state index in [-0.39, 0.29) is 5.60 Å². The first-order chi connectivity index (χ1) is 13.9. The van der Waals surface area contributed by atoms with Crippen LogP contribution in [0.25, 0.3) is 0 Å². The van der Waals surface area contributed by atoms with Crippen molar-refractivity contribution < 1.29 is 9.53 Å². The van der Waals surface area contributed by atoms with Crippen LogP contribution in [0.2, 0.25) is 0 Å². The van der Waals surface area contributed by atoms with Crippen molar-refractivity contribution in [3.05, 3.63) is 11.6 Å². The van der Waals surface area contributed by atoms with Gasteiger partial charge in [0, 0.05) is 12.5 Å². The monoisotopic (exact) mass is 397 g/mol. The fourth-order valence-electron chi connectivity index (χ4n) is 9.15. The first-order valence-electron chi connectivity index (χ1n) is 12.5. The van der Waals surface area contributed by atoms with Gasteiger partial charge < -0.3 is 10.1 Å². The van der Waals surface area contributed by atoms with Crippen LogP contribution in [0, 0.1) is 40.9 Å². The highest BCUT2D eigenvalue weighted by atomic mass is 16.5. The molecule has 0 aromatic carbocycles. The zero-order valence-electron chi connectivity index (χ0n) is 18.6. The minimum atomic E-state index is 0.128. The van der Waals surface area contributed by atoms with Gasteiger partial charge in [-0.1, -0.05) is 26.3 Å². The molecule has 0 aromatic rings. The highest BCUT2D eigenvalue weighted by Crippen LogP contribution is 2.66. The Morgan fingerprint density at radius 3 is 2.79 bits per heavy atom. The molecule has 6 aliphatic rings. The van der Waals surface area contributed by atoms with Gasteiger partial charge >= 0.3 is 0 Å². The summed E-state index contributed by atoms with van der Waals surface area (Å²) in [5, 5.41) is 3.82. The molecule has 2 saturated heterocycles. The van der Waals surface area contributed by atoms with E-state index >= 15 is 0 Å². The quantitative estimate of drug-likeness (QED) is 0.632. The standard InChI is InChI=1S/C26H39NO2/c1-15-10-24-23(27-14-15)13-26(29-24)9-7-19-20-5-4-17-11-18(28)6-8-25(17,3)22(20)12-21(19)16(26)2/h11,15-16,19-24,27H,4-10,12-14H2,1-3H3/t15-,16?,19-,20-,21?,22-,23-,24?,25-,26+/m0/s1. The summed E-state index contributed by atoms with van der Waals surface area (Å²) in [5.74, 6) is 5.20. The molecule has 3 heteroatoms. The Bertz CT molecular complexity index is 745. The normalized spacial score (nSPS) is 56.4. The largest absolute Gasteiger partial charge is 0.370 e. The Hall–Kier alpha value is -0.670. The van der Waals surface area contributed by atoms with Gasteiger partial charge in [0.05, 0.1) is 11.7 Å². The van der Waals surface area contributed by atoms with E-state index in [4.69, 9.17) is 4.74 Å². The molecule has 0 amide bonds. The number of carbonyl (C=O) groups is 1. The van der Waals surface area contributed by atoms with Crippen molar-refractivity contribution in [1.82, 2.24) is 5.32 Å². The number of rotatable bonds is 0. The van der Waals surface area contributed by atoms with Crippen LogP contribution in [0.3, 0.4) is 0 Å². The molecular formula is C26H39NO2. The van der Waals surface area contributed by atoms with Gasteiger partial charge in [-0.05, 0) is 105 Å². The van der Waals surface area contributed by atoms with E-state index in [0.29, 0.717) is 29.3 Å². The summed E-state index contributed by atoms with van der Waals surface area (Å²) in [5.41, 5.74) is 1.92. The Labute approximate surface area is 176 Å². The molecule has 10 atom stereocenters.